The van der Waals surface area contributed by atoms with Crippen molar-refractivity contribution in [3.05, 3.63) is 105 Å². The minimum atomic E-state index is -0.460. The van der Waals surface area contributed by atoms with Gasteiger partial charge in [0.1, 0.15) is 6.54 Å². The van der Waals surface area contributed by atoms with Crippen LogP contribution in [0, 0.1) is 13.8 Å². The molecule has 34 heavy (non-hydrogen) atoms. The van der Waals surface area contributed by atoms with Crippen molar-refractivity contribution in [1.82, 2.24) is 19.3 Å². The molecule has 8 heteroatoms. The number of fused-ring (bicyclic) bond motifs is 1. The van der Waals surface area contributed by atoms with Crippen molar-refractivity contribution in [2.45, 2.75) is 25.3 Å². The smallest absolute Gasteiger partial charge is 0.336 e. The van der Waals surface area contributed by atoms with E-state index in [0.717, 1.165) is 21.6 Å². The summed E-state index contributed by atoms with van der Waals surface area (Å²) < 4.78 is 8.20. The summed E-state index contributed by atoms with van der Waals surface area (Å²) in [6.07, 6.45) is 2.01. The van der Waals surface area contributed by atoms with Gasteiger partial charge >= 0.3 is 5.69 Å². The summed E-state index contributed by atoms with van der Waals surface area (Å²) >= 11 is 1.65. The maximum absolute atomic E-state index is 13.6. The zero-order valence-corrected chi connectivity index (χ0v) is 19.8. The molecule has 3 aromatic carbocycles. The standard InChI is InChI=1S/C26H22N4O3S/c1-16-12-17(2)14-19(13-16)30-25(31)21-6-4-5-7-22(21)29(26(30)32)15-23-27-24(28-33-23)18-8-10-20(34-3)11-9-18/h4-14H,15H2,1-3H3. The highest BCUT2D eigenvalue weighted by atomic mass is 32.2. The first-order valence-corrected chi connectivity index (χ1v) is 12.0. The molecule has 5 rings (SSSR count). The predicted octanol–water partition coefficient (Wildman–Crippen LogP) is 4.59. The summed E-state index contributed by atoms with van der Waals surface area (Å²) in [5.74, 6) is 0.726. The molecule has 0 atom stereocenters. The van der Waals surface area contributed by atoms with Crippen LogP contribution in [0.4, 0.5) is 0 Å². The van der Waals surface area contributed by atoms with Gasteiger partial charge in [0.25, 0.3) is 5.56 Å². The van der Waals surface area contributed by atoms with Crippen LogP contribution >= 0.6 is 11.8 Å². The van der Waals surface area contributed by atoms with E-state index in [0.29, 0.717) is 22.4 Å². The lowest BCUT2D eigenvalue weighted by Crippen LogP contribution is -2.39. The molecule has 0 fully saturated rings. The Labute approximate surface area is 199 Å². The Bertz CT molecular complexity index is 1610. The topological polar surface area (TPSA) is 82.9 Å². The molecule has 170 valence electrons. The molecule has 0 saturated carbocycles. The van der Waals surface area contributed by atoms with Gasteiger partial charge in [0.2, 0.25) is 11.7 Å². The summed E-state index contributed by atoms with van der Waals surface area (Å²) in [6.45, 7) is 3.92. The Hall–Kier alpha value is -3.91. The molecule has 0 saturated heterocycles. The highest BCUT2D eigenvalue weighted by Gasteiger charge is 2.17. The SMILES string of the molecule is CSc1ccc(-c2noc(Cn3c(=O)n(-c4cc(C)cc(C)c4)c(=O)c4ccccc43)n2)cc1. The average molecular weight is 471 g/mol. The van der Waals surface area contributed by atoms with E-state index in [-0.39, 0.29) is 18.0 Å². The third-order valence-electron chi connectivity index (χ3n) is 5.62. The molecule has 5 aromatic rings. The molecular weight excluding hydrogens is 448 g/mol. The Morgan fingerprint density at radius 1 is 0.941 bits per heavy atom. The van der Waals surface area contributed by atoms with Crippen molar-refractivity contribution >= 4 is 22.7 Å². The van der Waals surface area contributed by atoms with Crippen molar-refractivity contribution in [3.63, 3.8) is 0 Å². The molecule has 0 radical (unpaired) electrons. The minimum Gasteiger partial charge on any atom is -0.337 e. The number of aryl methyl sites for hydroxylation is 2. The van der Waals surface area contributed by atoms with E-state index in [4.69, 9.17) is 4.52 Å². The Morgan fingerprint density at radius 2 is 1.65 bits per heavy atom. The average Bonchev–Trinajstić information content (AvgIpc) is 3.30. The van der Waals surface area contributed by atoms with Gasteiger partial charge in [0.15, 0.2) is 0 Å². The first-order valence-electron chi connectivity index (χ1n) is 10.7. The number of para-hydroxylation sites is 1. The number of nitrogens with zero attached hydrogens (tertiary/aromatic N) is 4. The molecule has 0 bridgehead atoms. The van der Waals surface area contributed by atoms with Crippen molar-refractivity contribution in [1.29, 1.82) is 0 Å². The fourth-order valence-electron chi connectivity index (χ4n) is 4.09. The number of benzene rings is 3. The van der Waals surface area contributed by atoms with Crippen molar-refractivity contribution in [3.8, 4) is 17.1 Å². The van der Waals surface area contributed by atoms with Gasteiger partial charge in [-0.1, -0.05) is 23.4 Å². The molecule has 0 amide bonds. The van der Waals surface area contributed by atoms with Crippen LogP contribution in [0.15, 0.2) is 85.7 Å². The lowest BCUT2D eigenvalue weighted by molar-refractivity contribution is 0.370. The first-order chi connectivity index (χ1) is 16.4. The van der Waals surface area contributed by atoms with Gasteiger partial charge in [-0.25, -0.2) is 9.36 Å². The number of aromatic nitrogens is 4. The van der Waals surface area contributed by atoms with E-state index in [9.17, 15) is 9.59 Å². The molecule has 2 aromatic heterocycles. The monoisotopic (exact) mass is 470 g/mol. The van der Waals surface area contributed by atoms with Gasteiger partial charge in [0, 0.05) is 10.5 Å². The third-order valence-corrected chi connectivity index (χ3v) is 6.37. The highest BCUT2D eigenvalue weighted by Crippen LogP contribution is 2.21. The Kier molecular flexibility index (Phi) is 5.67. The minimum absolute atomic E-state index is 0.0420. The van der Waals surface area contributed by atoms with Crippen molar-refractivity contribution in [2.24, 2.45) is 0 Å². The van der Waals surface area contributed by atoms with E-state index in [2.05, 4.69) is 10.1 Å². The molecule has 0 aliphatic heterocycles. The first kappa shape index (κ1) is 21.9. The lowest BCUT2D eigenvalue weighted by atomic mass is 10.1. The van der Waals surface area contributed by atoms with Crippen LogP contribution in [0.5, 0.6) is 0 Å². The summed E-state index contributed by atoms with van der Waals surface area (Å²) in [4.78, 5) is 32.6. The third kappa shape index (κ3) is 3.97. The molecule has 7 nitrogen and oxygen atoms in total. The Balaban J connectivity index is 1.63. The maximum atomic E-state index is 13.6. The lowest BCUT2D eigenvalue weighted by Gasteiger charge is -2.13. The number of hydrogen-bond donors (Lipinski definition) is 0. The van der Waals surface area contributed by atoms with E-state index in [1.54, 1.807) is 36.0 Å². The number of thioether (sulfide) groups is 1. The van der Waals surface area contributed by atoms with Crippen LogP contribution in [0.2, 0.25) is 0 Å². The largest absolute Gasteiger partial charge is 0.337 e. The molecule has 2 heterocycles. The predicted molar refractivity (Wildman–Crippen MR) is 134 cm³/mol. The molecule has 0 unspecified atom stereocenters. The van der Waals surface area contributed by atoms with Crippen LogP contribution in [0.1, 0.15) is 17.0 Å². The molecule has 0 spiro atoms. The quantitative estimate of drug-likeness (QED) is 0.350. The van der Waals surface area contributed by atoms with E-state index >= 15 is 0 Å². The van der Waals surface area contributed by atoms with Crippen molar-refractivity contribution in [2.75, 3.05) is 6.26 Å². The highest BCUT2D eigenvalue weighted by molar-refractivity contribution is 7.98. The zero-order chi connectivity index (χ0) is 23.8. The summed E-state index contributed by atoms with van der Waals surface area (Å²) in [5, 5.41) is 4.53. The van der Waals surface area contributed by atoms with E-state index in [1.165, 1.54) is 9.13 Å². The molecule has 0 N–H and O–H groups in total. The van der Waals surface area contributed by atoms with Gasteiger partial charge in [-0.2, -0.15) is 4.98 Å². The van der Waals surface area contributed by atoms with Crippen LogP contribution in [-0.2, 0) is 6.54 Å². The number of rotatable bonds is 5. The molecule has 0 aliphatic carbocycles. The van der Waals surface area contributed by atoms with Crippen LogP contribution < -0.4 is 11.2 Å². The summed E-state index contributed by atoms with van der Waals surface area (Å²) in [7, 11) is 0. The van der Waals surface area contributed by atoms with Crippen LogP contribution in [0.3, 0.4) is 0 Å². The fourth-order valence-corrected chi connectivity index (χ4v) is 4.50. The van der Waals surface area contributed by atoms with E-state index < -0.39 is 5.69 Å². The maximum Gasteiger partial charge on any atom is 0.336 e. The fraction of sp³-hybridized carbons (Fsp3) is 0.154. The second-order valence-corrected chi connectivity index (χ2v) is 8.99. The van der Waals surface area contributed by atoms with Crippen LogP contribution in [-0.4, -0.2) is 25.5 Å². The summed E-state index contributed by atoms with van der Waals surface area (Å²) in [6, 6.07) is 20.6. The van der Waals surface area contributed by atoms with Gasteiger partial charge < -0.3 is 4.52 Å². The molecular formula is C26H22N4O3S. The number of hydrogen-bond acceptors (Lipinski definition) is 6. The second kappa shape index (κ2) is 8.79. The van der Waals surface area contributed by atoms with E-state index in [1.807, 2.05) is 62.6 Å². The van der Waals surface area contributed by atoms with Gasteiger partial charge in [-0.15, -0.1) is 11.8 Å². The summed E-state index contributed by atoms with van der Waals surface area (Å²) in [5.41, 5.74) is 2.99. The van der Waals surface area contributed by atoms with Crippen molar-refractivity contribution < 1.29 is 4.52 Å². The van der Waals surface area contributed by atoms with Crippen LogP contribution in [0.25, 0.3) is 28.0 Å². The van der Waals surface area contributed by atoms with Gasteiger partial charge in [0.05, 0.1) is 16.6 Å². The normalized spacial score (nSPS) is 11.3. The Morgan fingerprint density at radius 3 is 2.35 bits per heavy atom. The zero-order valence-electron chi connectivity index (χ0n) is 19.0. The van der Waals surface area contributed by atoms with Gasteiger partial charge in [-0.3, -0.25) is 9.36 Å². The second-order valence-electron chi connectivity index (χ2n) is 8.11. The van der Waals surface area contributed by atoms with Gasteiger partial charge in [-0.05, 0) is 79.8 Å². The molecule has 0 aliphatic rings.